The van der Waals surface area contributed by atoms with Gasteiger partial charge in [0.1, 0.15) is 0 Å². The second-order valence-corrected chi connectivity index (χ2v) is 5.61. The van der Waals surface area contributed by atoms with Crippen LogP contribution in [-0.2, 0) is 0 Å². The van der Waals surface area contributed by atoms with Crippen molar-refractivity contribution in [3.05, 3.63) is 29.6 Å². The van der Waals surface area contributed by atoms with Crippen molar-refractivity contribution in [2.75, 3.05) is 0 Å². The van der Waals surface area contributed by atoms with Crippen LogP contribution in [0.5, 0.6) is 0 Å². The highest BCUT2D eigenvalue weighted by Gasteiger charge is 2.18. The molecule has 1 fully saturated rings. The summed E-state index contributed by atoms with van der Waals surface area (Å²) >= 11 is 0. The Hall–Kier alpha value is -0.930. The number of aromatic nitrogens is 1. The summed E-state index contributed by atoms with van der Waals surface area (Å²) in [5.41, 5.74) is 5.40. The van der Waals surface area contributed by atoms with E-state index in [9.17, 15) is 0 Å². The van der Waals surface area contributed by atoms with E-state index in [2.05, 4.69) is 23.4 Å². The van der Waals surface area contributed by atoms with Gasteiger partial charge in [0.25, 0.3) is 0 Å². The van der Waals surface area contributed by atoms with Gasteiger partial charge in [-0.3, -0.25) is 16.3 Å². The molecule has 1 aliphatic carbocycles. The standard InChI is InChI=1S/C15H25N3/c1-12-8-14(11-17-10-12)15(18-16)9-13-6-4-2-3-5-7-13/h8,10-11,13,15,18H,2-7,9,16H2,1H3. The molecule has 0 spiro atoms. The minimum absolute atomic E-state index is 0.250. The van der Waals surface area contributed by atoms with Crippen LogP contribution >= 0.6 is 0 Å². The molecule has 0 aliphatic heterocycles. The summed E-state index contributed by atoms with van der Waals surface area (Å²) < 4.78 is 0. The fraction of sp³-hybridized carbons (Fsp3) is 0.667. The molecular formula is C15H25N3. The summed E-state index contributed by atoms with van der Waals surface area (Å²) in [6.45, 7) is 2.08. The van der Waals surface area contributed by atoms with Crippen molar-refractivity contribution in [3.63, 3.8) is 0 Å². The van der Waals surface area contributed by atoms with Gasteiger partial charge in [-0.2, -0.15) is 0 Å². The van der Waals surface area contributed by atoms with E-state index in [1.165, 1.54) is 49.7 Å². The molecule has 3 heteroatoms. The smallest absolute Gasteiger partial charge is 0.0477 e. The summed E-state index contributed by atoms with van der Waals surface area (Å²) in [5.74, 6) is 6.55. The number of nitrogens with one attached hydrogen (secondary N) is 1. The lowest BCUT2D eigenvalue weighted by Crippen LogP contribution is -2.29. The number of aryl methyl sites for hydroxylation is 1. The first-order valence-electron chi connectivity index (χ1n) is 7.17. The third-order valence-corrected chi connectivity index (χ3v) is 4.04. The zero-order valence-corrected chi connectivity index (χ0v) is 11.4. The van der Waals surface area contributed by atoms with Crippen LogP contribution in [0, 0.1) is 12.8 Å². The Morgan fingerprint density at radius 1 is 1.28 bits per heavy atom. The van der Waals surface area contributed by atoms with E-state index < -0.39 is 0 Å². The Morgan fingerprint density at radius 3 is 2.61 bits per heavy atom. The molecule has 18 heavy (non-hydrogen) atoms. The maximum atomic E-state index is 5.73. The van der Waals surface area contributed by atoms with Gasteiger partial charge < -0.3 is 0 Å². The molecule has 1 atom stereocenters. The molecule has 0 radical (unpaired) electrons. The van der Waals surface area contributed by atoms with Crippen LogP contribution in [0.1, 0.15) is 62.1 Å². The fourth-order valence-electron chi connectivity index (χ4n) is 3.00. The molecule has 0 amide bonds. The van der Waals surface area contributed by atoms with Crippen molar-refractivity contribution in [2.24, 2.45) is 11.8 Å². The number of nitrogens with zero attached hydrogens (tertiary/aromatic N) is 1. The number of pyridine rings is 1. The molecule has 3 nitrogen and oxygen atoms in total. The van der Waals surface area contributed by atoms with Crippen LogP contribution in [-0.4, -0.2) is 4.98 Å². The molecule has 1 aliphatic rings. The largest absolute Gasteiger partial charge is 0.271 e. The number of hydrogen-bond donors (Lipinski definition) is 2. The first kappa shape index (κ1) is 13.5. The summed E-state index contributed by atoms with van der Waals surface area (Å²) in [7, 11) is 0. The van der Waals surface area contributed by atoms with E-state index in [4.69, 9.17) is 5.84 Å². The van der Waals surface area contributed by atoms with Gasteiger partial charge in [-0.1, -0.05) is 44.6 Å². The molecular weight excluding hydrogens is 222 g/mol. The monoisotopic (exact) mass is 247 g/mol. The zero-order chi connectivity index (χ0) is 12.8. The molecule has 1 aromatic rings. The molecule has 0 aromatic carbocycles. The molecule has 1 unspecified atom stereocenters. The van der Waals surface area contributed by atoms with E-state index in [-0.39, 0.29) is 6.04 Å². The first-order valence-corrected chi connectivity index (χ1v) is 7.17. The number of nitrogens with two attached hydrogens (primary N) is 1. The highest BCUT2D eigenvalue weighted by Crippen LogP contribution is 2.30. The van der Waals surface area contributed by atoms with Crippen LogP contribution in [0.15, 0.2) is 18.5 Å². The summed E-state index contributed by atoms with van der Waals surface area (Å²) in [5, 5.41) is 0. The van der Waals surface area contributed by atoms with Crippen molar-refractivity contribution in [3.8, 4) is 0 Å². The SMILES string of the molecule is Cc1cncc(C(CC2CCCCCC2)NN)c1. The first-order chi connectivity index (χ1) is 8.79. The van der Waals surface area contributed by atoms with Crippen molar-refractivity contribution in [1.82, 2.24) is 10.4 Å². The van der Waals surface area contributed by atoms with Gasteiger partial charge in [0.15, 0.2) is 0 Å². The van der Waals surface area contributed by atoms with Crippen LogP contribution < -0.4 is 11.3 Å². The van der Waals surface area contributed by atoms with Crippen LogP contribution in [0.3, 0.4) is 0 Å². The van der Waals surface area contributed by atoms with Gasteiger partial charge in [-0.05, 0) is 30.4 Å². The number of hydrazine groups is 1. The Morgan fingerprint density at radius 2 is 2.00 bits per heavy atom. The molecule has 1 heterocycles. The minimum atomic E-state index is 0.250. The van der Waals surface area contributed by atoms with E-state index in [0.717, 1.165) is 12.3 Å². The van der Waals surface area contributed by atoms with E-state index in [1.807, 2.05) is 12.4 Å². The highest BCUT2D eigenvalue weighted by atomic mass is 15.2. The van der Waals surface area contributed by atoms with E-state index >= 15 is 0 Å². The average Bonchev–Trinajstić information content (AvgIpc) is 2.64. The second-order valence-electron chi connectivity index (χ2n) is 5.61. The number of rotatable bonds is 4. The van der Waals surface area contributed by atoms with Gasteiger partial charge in [-0.25, -0.2) is 0 Å². The second kappa shape index (κ2) is 6.86. The highest BCUT2D eigenvalue weighted by molar-refractivity contribution is 5.20. The predicted molar refractivity (Wildman–Crippen MR) is 74.8 cm³/mol. The van der Waals surface area contributed by atoms with Gasteiger partial charge in [0, 0.05) is 18.4 Å². The maximum absolute atomic E-state index is 5.73. The molecule has 0 saturated heterocycles. The normalized spacial score (nSPS) is 19.4. The van der Waals surface area contributed by atoms with Gasteiger partial charge in [-0.15, -0.1) is 0 Å². The average molecular weight is 247 g/mol. The Bertz CT molecular complexity index is 357. The zero-order valence-electron chi connectivity index (χ0n) is 11.4. The predicted octanol–water partition coefficient (Wildman–Crippen LogP) is 3.25. The Labute approximate surface area is 110 Å². The third-order valence-electron chi connectivity index (χ3n) is 4.04. The lowest BCUT2D eigenvalue weighted by molar-refractivity contribution is 0.358. The molecule has 0 bridgehead atoms. The minimum Gasteiger partial charge on any atom is -0.271 e. The summed E-state index contributed by atoms with van der Waals surface area (Å²) in [4.78, 5) is 4.27. The molecule has 2 rings (SSSR count). The lowest BCUT2D eigenvalue weighted by atomic mass is 9.90. The van der Waals surface area contributed by atoms with Crippen LogP contribution in [0.25, 0.3) is 0 Å². The number of hydrogen-bond acceptors (Lipinski definition) is 3. The molecule has 100 valence electrons. The lowest BCUT2D eigenvalue weighted by Gasteiger charge is -2.22. The Kier molecular flexibility index (Phi) is 5.14. The van der Waals surface area contributed by atoms with Crippen molar-refractivity contribution < 1.29 is 0 Å². The molecule has 1 aromatic heterocycles. The molecule has 1 saturated carbocycles. The van der Waals surface area contributed by atoms with E-state index in [0.29, 0.717) is 0 Å². The van der Waals surface area contributed by atoms with Crippen molar-refractivity contribution in [1.29, 1.82) is 0 Å². The van der Waals surface area contributed by atoms with Crippen molar-refractivity contribution >= 4 is 0 Å². The quantitative estimate of drug-likeness (QED) is 0.488. The summed E-state index contributed by atoms with van der Waals surface area (Å²) in [6.07, 6.45) is 13.3. The Balaban J connectivity index is 1.99. The van der Waals surface area contributed by atoms with E-state index in [1.54, 1.807) is 0 Å². The molecule has 3 N–H and O–H groups in total. The maximum Gasteiger partial charge on any atom is 0.0477 e. The topological polar surface area (TPSA) is 50.9 Å². The third kappa shape index (κ3) is 3.79. The van der Waals surface area contributed by atoms with Gasteiger partial charge in [0.05, 0.1) is 0 Å². The van der Waals surface area contributed by atoms with Gasteiger partial charge >= 0.3 is 0 Å². The van der Waals surface area contributed by atoms with Crippen LogP contribution in [0.2, 0.25) is 0 Å². The van der Waals surface area contributed by atoms with Crippen LogP contribution in [0.4, 0.5) is 0 Å². The van der Waals surface area contributed by atoms with Gasteiger partial charge in [0.2, 0.25) is 0 Å². The summed E-state index contributed by atoms with van der Waals surface area (Å²) in [6, 6.07) is 2.44. The van der Waals surface area contributed by atoms with Crippen molar-refractivity contribution in [2.45, 2.75) is 57.9 Å². The fourth-order valence-corrected chi connectivity index (χ4v) is 3.00.